The Morgan fingerprint density at radius 2 is 1.76 bits per heavy atom. The van der Waals surface area contributed by atoms with Crippen LogP contribution >= 0.6 is 0 Å². The molecule has 6 nitrogen and oxygen atoms in total. The van der Waals surface area contributed by atoms with Crippen LogP contribution in [0.1, 0.15) is 32.1 Å². The molecule has 3 aromatic rings. The molecule has 29 heavy (non-hydrogen) atoms. The third-order valence-electron chi connectivity index (χ3n) is 4.76. The SMILES string of the molecule is Cc1cc(C(=O)COC(=O)c2ccc(F)cc2)c(C)n1-c1ccc2c(c1)OCO2. The topological polar surface area (TPSA) is 66.8 Å². The van der Waals surface area contributed by atoms with Gasteiger partial charge < -0.3 is 18.8 Å². The summed E-state index contributed by atoms with van der Waals surface area (Å²) in [6.07, 6.45) is 0. The first kappa shape index (κ1) is 18.7. The van der Waals surface area contributed by atoms with E-state index in [9.17, 15) is 14.0 Å². The van der Waals surface area contributed by atoms with Gasteiger partial charge in [-0.05, 0) is 56.3 Å². The van der Waals surface area contributed by atoms with Gasteiger partial charge in [0, 0.05) is 28.7 Å². The van der Waals surface area contributed by atoms with Gasteiger partial charge in [-0.1, -0.05) is 0 Å². The molecule has 0 fully saturated rings. The molecule has 1 aliphatic rings. The van der Waals surface area contributed by atoms with Crippen molar-refractivity contribution in [3.8, 4) is 17.2 Å². The summed E-state index contributed by atoms with van der Waals surface area (Å²) in [6.45, 7) is 3.50. The van der Waals surface area contributed by atoms with Crippen molar-refractivity contribution in [2.24, 2.45) is 0 Å². The molecule has 0 saturated carbocycles. The van der Waals surface area contributed by atoms with Crippen molar-refractivity contribution in [3.63, 3.8) is 0 Å². The van der Waals surface area contributed by atoms with Crippen LogP contribution in [0, 0.1) is 19.7 Å². The third kappa shape index (κ3) is 3.59. The van der Waals surface area contributed by atoms with E-state index in [4.69, 9.17) is 14.2 Å². The van der Waals surface area contributed by atoms with Crippen LogP contribution in [0.25, 0.3) is 5.69 Å². The highest BCUT2D eigenvalue weighted by Crippen LogP contribution is 2.34. The van der Waals surface area contributed by atoms with Crippen molar-refractivity contribution in [1.82, 2.24) is 4.57 Å². The lowest BCUT2D eigenvalue weighted by molar-refractivity contribution is 0.0474. The smallest absolute Gasteiger partial charge is 0.338 e. The number of halogens is 1. The number of nitrogens with zero attached hydrogens (tertiary/aromatic N) is 1. The summed E-state index contributed by atoms with van der Waals surface area (Å²) in [7, 11) is 0. The number of ketones is 1. The molecule has 7 heteroatoms. The number of fused-ring (bicyclic) bond motifs is 1. The maximum Gasteiger partial charge on any atom is 0.338 e. The molecule has 0 N–H and O–H groups in total. The standard InChI is InChI=1S/C22H18FNO5/c1-13-9-18(19(25)11-27-22(26)15-3-5-16(23)6-4-15)14(2)24(13)17-7-8-20-21(10-17)29-12-28-20/h3-10H,11-12H2,1-2H3. The van der Waals surface area contributed by atoms with Gasteiger partial charge in [-0.3, -0.25) is 4.79 Å². The first-order valence-electron chi connectivity index (χ1n) is 8.99. The maximum absolute atomic E-state index is 13.0. The van der Waals surface area contributed by atoms with E-state index in [1.54, 1.807) is 6.07 Å². The van der Waals surface area contributed by atoms with Crippen molar-refractivity contribution in [2.45, 2.75) is 13.8 Å². The maximum atomic E-state index is 13.0. The van der Waals surface area contributed by atoms with E-state index in [0.29, 0.717) is 17.1 Å². The first-order valence-corrected chi connectivity index (χ1v) is 8.99. The van der Waals surface area contributed by atoms with E-state index >= 15 is 0 Å². The van der Waals surface area contributed by atoms with Crippen LogP contribution < -0.4 is 9.47 Å². The summed E-state index contributed by atoms with van der Waals surface area (Å²) in [4.78, 5) is 24.7. The minimum atomic E-state index is -0.678. The lowest BCUT2D eigenvalue weighted by Crippen LogP contribution is -2.15. The van der Waals surface area contributed by atoms with Crippen molar-refractivity contribution < 1.29 is 28.2 Å². The molecule has 2 heterocycles. The summed E-state index contributed by atoms with van der Waals surface area (Å²) < 4.78 is 30.7. The number of hydrogen-bond donors (Lipinski definition) is 0. The molecule has 0 amide bonds. The zero-order valence-electron chi connectivity index (χ0n) is 15.9. The molecule has 1 aliphatic heterocycles. The van der Waals surface area contributed by atoms with Gasteiger partial charge in [0.1, 0.15) is 5.82 Å². The molecule has 0 bridgehead atoms. The largest absolute Gasteiger partial charge is 0.454 e. The van der Waals surface area contributed by atoms with Crippen LogP contribution in [-0.4, -0.2) is 29.7 Å². The molecule has 4 rings (SSSR count). The van der Waals surface area contributed by atoms with Crippen molar-refractivity contribution >= 4 is 11.8 Å². The molecular formula is C22H18FNO5. The van der Waals surface area contributed by atoms with Crippen LogP contribution in [0.2, 0.25) is 0 Å². The molecule has 0 unspecified atom stereocenters. The molecule has 148 valence electrons. The number of hydrogen-bond acceptors (Lipinski definition) is 5. The number of esters is 1. The Morgan fingerprint density at radius 3 is 2.52 bits per heavy atom. The third-order valence-corrected chi connectivity index (χ3v) is 4.76. The summed E-state index contributed by atoms with van der Waals surface area (Å²) in [5.74, 6) is -0.117. The highest BCUT2D eigenvalue weighted by molar-refractivity contribution is 6.00. The van der Waals surface area contributed by atoms with Crippen molar-refractivity contribution in [2.75, 3.05) is 13.4 Å². The summed E-state index contributed by atoms with van der Waals surface area (Å²) in [6, 6.07) is 12.3. The molecule has 2 aromatic carbocycles. The Morgan fingerprint density at radius 1 is 1.03 bits per heavy atom. The normalized spacial score (nSPS) is 12.1. The van der Waals surface area contributed by atoms with Crippen LogP contribution in [0.4, 0.5) is 4.39 Å². The molecular weight excluding hydrogens is 377 g/mol. The molecule has 0 spiro atoms. The van der Waals surface area contributed by atoms with E-state index < -0.39 is 18.4 Å². The van der Waals surface area contributed by atoms with Crippen LogP contribution in [0.5, 0.6) is 11.5 Å². The Hall–Kier alpha value is -3.61. The van der Waals surface area contributed by atoms with Gasteiger partial charge in [0.05, 0.1) is 5.56 Å². The van der Waals surface area contributed by atoms with Gasteiger partial charge in [-0.15, -0.1) is 0 Å². The van der Waals surface area contributed by atoms with E-state index in [0.717, 1.165) is 29.2 Å². The summed E-state index contributed by atoms with van der Waals surface area (Å²) >= 11 is 0. The molecule has 0 atom stereocenters. The van der Waals surface area contributed by atoms with Crippen LogP contribution in [-0.2, 0) is 4.74 Å². The van der Waals surface area contributed by atoms with E-state index in [-0.39, 0.29) is 18.1 Å². The second-order valence-electron chi connectivity index (χ2n) is 6.66. The number of carbonyl (C=O) groups is 2. The van der Waals surface area contributed by atoms with Gasteiger partial charge in [0.15, 0.2) is 18.1 Å². The average molecular weight is 395 g/mol. The zero-order valence-corrected chi connectivity index (χ0v) is 15.9. The molecule has 0 saturated heterocycles. The number of aromatic nitrogens is 1. The Labute approximate surface area is 166 Å². The van der Waals surface area contributed by atoms with Crippen LogP contribution in [0.15, 0.2) is 48.5 Å². The Balaban J connectivity index is 1.52. The fourth-order valence-corrected chi connectivity index (χ4v) is 3.34. The van der Waals surface area contributed by atoms with E-state index in [1.807, 2.05) is 36.6 Å². The van der Waals surface area contributed by atoms with Gasteiger partial charge in [-0.25, -0.2) is 9.18 Å². The quantitative estimate of drug-likeness (QED) is 0.483. The number of aryl methyl sites for hydroxylation is 1. The van der Waals surface area contributed by atoms with Crippen LogP contribution in [0.3, 0.4) is 0 Å². The fraction of sp³-hybridized carbons (Fsp3) is 0.182. The minimum absolute atomic E-state index is 0.185. The Bertz CT molecular complexity index is 1100. The Kier molecular flexibility index (Phi) is 4.80. The lowest BCUT2D eigenvalue weighted by Gasteiger charge is -2.11. The predicted octanol–water partition coefficient (Wildman–Crippen LogP) is 4.00. The zero-order chi connectivity index (χ0) is 20.5. The number of rotatable bonds is 5. The minimum Gasteiger partial charge on any atom is -0.454 e. The molecule has 0 aliphatic carbocycles. The van der Waals surface area contributed by atoms with Crippen molar-refractivity contribution in [3.05, 3.63) is 76.9 Å². The summed E-state index contributed by atoms with van der Waals surface area (Å²) in [5, 5.41) is 0. The molecule has 1 aromatic heterocycles. The fourth-order valence-electron chi connectivity index (χ4n) is 3.34. The van der Waals surface area contributed by atoms with E-state index in [2.05, 4.69) is 0 Å². The highest BCUT2D eigenvalue weighted by atomic mass is 19.1. The average Bonchev–Trinajstić information content (AvgIpc) is 3.29. The number of ether oxygens (including phenoxy) is 3. The lowest BCUT2D eigenvalue weighted by atomic mass is 10.1. The monoisotopic (exact) mass is 395 g/mol. The van der Waals surface area contributed by atoms with Gasteiger partial charge in [0.2, 0.25) is 12.6 Å². The van der Waals surface area contributed by atoms with Gasteiger partial charge >= 0.3 is 5.97 Å². The number of benzene rings is 2. The summed E-state index contributed by atoms with van der Waals surface area (Å²) in [5.41, 5.74) is 3.07. The highest BCUT2D eigenvalue weighted by Gasteiger charge is 2.20. The number of Topliss-reactive ketones (excluding diaryl/α,β-unsaturated/α-hetero) is 1. The van der Waals surface area contributed by atoms with Gasteiger partial charge in [0.25, 0.3) is 0 Å². The number of carbonyl (C=O) groups excluding carboxylic acids is 2. The van der Waals surface area contributed by atoms with Gasteiger partial charge in [-0.2, -0.15) is 0 Å². The molecule has 0 radical (unpaired) electrons. The second kappa shape index (κ2) is 7.43. The predicted molar refractivity (Wildman–Crippen MR) is 102 cm³/mol. The first-order chi connectivity index (χ1) is 13.9. The van der Waals surface area contributed by atoms with Crippen molar-refractivity contribution in [1.29, 1.82) is 0 Å². The van der Waals surface area contributed by atoms with E-state index in [1.165, 1.54) is 12.1 Å². The second-order valence-corrected chi connectivity index (χ2v) is 6.66.